The summed E-state index contributed by atoms with van der Waals surface area (Å²) in [4.78, 5) is 8.35. The highest BCUT2D eigenvalue weighted by Crippen LogP contribution is 2.45. The molecule has 0 N–H and O–H groups in total. The van der Waals surface area contributed by atoms with E-state index in [1.54, 1.807) is 11.3 Å². The number of benzene rings is 2. The molecule has 0 bridgehead atoms. The zero-order valence-corrected chi connectivity index (χ0v) is 17.8. The van der Waals surface area contributed by atoms with Crippen LogP contribution in [0.25, 0.3) is 0 Å². The van der Waals surface area contributed by atoms with Gasteiger partial charge in [0.25, 0.3) is 0 Å². The second-order valence-corrected chi connectivity index (χ2v) is 9.91. The van der Waals surface area contributed by atoms with E-state index in [9.17, 15) is 0 Å². The number of fused-ring (bicyclic) bond motifs is 3. The van der Waals surface area contributed by atoms with Crippen molar-refractivity contribution in [2.45, 2.75) is 36.4 Å². The Balaban J connectivity index is 1.18. The van der Waals surface area contributed by atoms with Crippen LogP contribution in [0.15, 0.2) is 58.9 Å². The van der Waals surface area contributed by atoms with Gasteiger partial charge in [-0.2, -0.15) is 0 Å². The third-order valence-electron chi connectivity index (χ3n) is 6.42. The molecule has 1 aromatic heterocycles. The summed E-state index contributed by atoms with van der Waals surface area (Å²) in [6.45, 7) is 3.88. The average Bonchev–Trinajstić information content (AvgIpc) is 3.43. The van der Waals surface area contributed by atoms with E-state index >= 15 is 0 Å². The van der Waals surface area contributed by atoms with Gasteiger partial charge in [-0.05, 0) is 66.1 Å². The molecule has 0 saturated carbocycles. The lowest BCUT2D eigenvalue weighted by Gasteiger charge is -2.40. The number of hydrogen-bond acceptors (Lipinski definition) is 6. The molecule has 148 valence electrons. The predicted molar refractivity (Wildman–Crippen MR) is 120 cm³/mol. The summed E-state index contributed by atoms with van der Waals surface area (Å²) in [5.41, 5.74) is 5.54. The second kappa shape index (κ2) is 7.04. The number of thiazole rings is 1. The minimum atomic E-state index is -0.0641. The lowest BCUT2D eigenvalue weighted by Crippen LogP contribution is -2.42. The van der Waals surface area contributed by atoms with E-state index in [0.29, 0.717) is 0 Å². The number of anilines is 2. The van der Waals surface area contributed by atoms with Crippen molar-refractivity contribution in [1.82, 2.24) is 4.98 Å². The van der Waals surface area contributed by atoms with Gasteiger partial charge in [-0.1, -0.05) is 24.3 Å². The molecular weight excluding hydrogens is 398 g/mol. The molecule has 6 heteroatoms. The van der Waals surface area contributed by atoms with Crippen molar-refractivity contribution in [3.63, 3.8) is 0 Å². The highest BCUT2D eigenvalue weighted by atomic mass is 32.2. The molecule has 0 radical (unpaired) electrons. The van der Waals surface area contributed by atoms with Crippen molar-refractivity contribution in [3.8, 4) is 0 Å². The smallest absolute Gasteiger partial charge is 0.195 e. The van der Waals surface area contributed by atoms with Gasteiger partial charge in [0.1, 0.15) is 0 Å². The largest absolute Gasteiger partial charge is 0.371 e. The first-order valence-corrected chi connectivity index (χ1v) is 11.9. The van der Waals surface area contributed by atoms with Crippen LogP contribution in [0.4, 0.5) is 10.8 Å². The standard InChI is InChI=1S/C23H23N3OS2/c1-2-4-20-18(3-1)16-27-23(20)8-12-25(13-9-23)19-5-6-21-17(15-19)7-11-26(29-21)22-24-10-14-28-22/h1-6,10,14-15H,7-9,11-13,16H2. The Kier molecular flexibility index (Phi) is 4.32. The molecule has 1 saturated heterocycles. The van der Waals surface area contributed by atoms with Gasteiger partial charge in [0.05, 0.1) is 12.2 Å². The van der Waals surface area contributed by atoms with Crippen LogP contribution in [-0.2, 0) is 23.4 Å². The molecule has 3 aliphatic rings. The van der Waals surface area contributed by atoms with Gasteiger partial charge >= 0.3 is 0 Å². The van der Waals surface area contributed by atoms with Crippen LogP contribution in [0.3, 0.4) is 0 Å². The molecule has 6 rings (SSSR count). The number of ether oxygens (including phenoxy) is 1. The summed E-state index contributed by atoms with van der Waals surface area (Å²) in [5, 5.41) is 3.15. The van der Waals surface area contributed by atoms with Crippen molar-refractivity contribution >= 4 is 34.1 Å². The Morgan fingerprint density at radius 3 is 2.76 bits per heavy atom. The van der Waals surface area contributed by atoms with Crippen LogP contribution in [0.5, 0.6) is 0 Å². The molecule has 1 fully saturated rings. The third-order valence-corrected chi connectivity index (χ3v) is 8.50. The molecule has 3 aliphatic heterocycles. The van der Waals surface area contributed by atoms with Crippen molar-refractivity contribution in [1.29, 1.82) is 0 Å². The van der Waals surface area contributed by atoms with Crippen molar-refractivity contribution in [2.24, 2.45) is 0 Å². The van der Waals surface area contributed by atoms with E-state index in [2.05, 4.69) is 56.7 Å². The Labute approximate surface area is 179 Å². The number of rotatable bonds is 2. The van der Waals surface area contributed by atoms with Crippen LogP contribution in [0.2, 0.25) is 0 Å². The van der Waals surface area contributed by atoms with E-state index in [1.807, 2.05) is 23.5 Å². The molecule has 4 nitrogen and oxygen atoms in total. The first-order chi connectivity index (χ1) is 14.3. The molecule has 0 aliphatic carbocycles. The maximum atomic E-state index is 6.33. The van der Waals surface area contributed by atoms with Gasteiger partial charge in [-0.15, -0.1) is 11.3 Å². The molecule has 0 atom stereocenters. The van der Waals surface area contributed by atoms with E-state index in [-0.39, 0.29) is 5.60 Å². The van der Waals surface area contributed by atoms with E-state index in [1.165, 1.54) is 27.3 Å². The van der Waals surface area contributed by atoms with Crippen molar-refractivity contribution < 1.29 is 4.74 Å². The van der Waals surface area contributed by atoms with Gasteiger partial charge in [0.2, 0.25) is 0 Å². The number of hydrogen-bond donors (Lipinski definition) is 0. The second-order valence-electron chi connectivity index (χ2n) is 7.98. The fourth-order valence-electron chi connectivity index (χ4n) is 4.83. The fourth-order valence-corrected chi connectivity index (χ4v) is 6.60. The summed E-state index contributed by atoms with van der Waals surface area (Å²) >= 11 is 3.53. The topological polar surface area (TPSA) is 28.6 Å². The maximum absolute atomic E-state index is 6.33. The van der Waals surface area contributed by atoms with Crippen LogP contribution in [0.1, 0.15) is 29.5 Å². The van der Waals surface area contributed by atoms with Gasteiger partial charge in [-0.25, -0.2) is 4.98 Å². The monoisotopic (exact) mass is 421 g/mol. The highest BCUT2D eigenvalue weighted by Gasteiger charge is 2.42. The summed E-state index contributed by atoms with van der Waals surface area (Å²) in [7, 11) is 0. The molecule has 0 unspecified atom stereocenters. The Hall–Kier alpha value is -2.02. The molecule has 1 spiro atoms. The van der Waals surface area contributed by atoms with E-state index < -0.39 is 0 Å². The minimum absolute atomic E-state index is 0.0641. The predicted octanol–water partition coefficient (Wildman–Crippen LogP) is 5.24. The van der Waals surface area contributed by atoms with Crippen molar-refractivity contribution in [3.05, 3.63) is 70.7 Å². The van der Waals surface area contributed by atoms with Gasteiger partial charge < -0.3 is 9.64 Å². The molecule has 3 aromatic rings. The summed E-state index contributed by atoms with van der Waals surface area (Å²) in [6.07, 6.45) is 5.08. The van der Waals surface area contributed by atoms with Crippen LogP contribution >= 0.6 is 23.3 Å². The first-order valence-electron chi connectivity index (χ1n) is 10.3. The zero-order valence-electron chi connectivity index (χ0n) is 16.2. The zero-order chi connectivity index (χ0) is 19.3. The van der Waals surface area contributed by atoms with Crippen molar-refractivity contribution in [2.75, 3.05) is 28.8 Å². The average molecular weight is 422 g/mol. The highest BCUT2D eigenvalue weighted by molar-refractivity contribution is 8.01. The molecule has 2 aromatic carbocycles. The Morgan fingerprint density at radius 2 is 1.90 bits per heavy atom. The van der Waals surface area contributed by atoms with E-state index in [0.717, 1.165) is 50.6 Å². The SMILES string of the molecule is c1ccc2c(c1)COC21CCN(c2ccc3c(c2)CCN(c2nccs2)S3)CC1. The van der Waals surface area contributed by atoms with Crippen LogP contribution in [0, 0.1) is 0 Å². The third kappa shape index (κ3) is 3.05. The minimum Gasteiger partial charge on any atom is -0.371 e. The summed E-state index contributed by atoms with van der Waals surface area (Å²) < 4.78 is 8.65. The normalized spacial score (nSPS) is 20.0. The first kappa shape index (κ1) is 17.8. The summed E-state index contributed by atoms with van der Waals surface area (Å²) in [5.74, 6) is 0. The maximum Gasteiger partial charge on any atom is 0.195 e. The van der Waals surface area contributed by atoms with Gasteiger partial charge in [0.15, 0.2) is 5.13 Å². The van der Waals surface area contributed by atoms with Gasteiger partial charge in [-0.3, -0.25) is 4.31 Å². The Bertz CT molecular complexity index is 1030. The lowest BCUT2D eigenvalue weighted by molar-refractivity contribution is -0.0551. The number of nitrogens with zero attached hydrogens (tertiary/aromatic N) is 3. The number of piperidine rings is 1. The Morgan fingerprint density at radius 1 is 1.00 bits per heavy atom. The van der Waals surface area contributed by atoms with Crippen LogP contribution in [-0.4, -0.2) is 24.6 Å². The molecular formula is C23H23N3OS2. The van der Waals surface area contributed by atoms with E-state index in [4.69, 9.17) is 4.74 Å². The molecule has 29 heavy (non-hydrogen) atoms. The quantitative estimate of drug-likeness (QED) is 0.528. The summed E-state index contributed by atoms with van der Waals surface area (Å²) in [6, 6.07) is 15.7. The number of aromatic nitrogens is 1. The van der Waals surface area contributed by atoms with Crippen LogP contribution < -0.4 is 9.21 Å². The molecule has 0 amide bonds. The van der Waals surface area contributed by atoms with Gasteiger partial charge in [0, 0.05) is 41.8 Å². The molecule has 4 heterocycles. The lowest BCUT2D eigenvalue weighted by atomic mass is 9.83. The fraction of sp³-hybridized carbons (Fsp3) is 0.348.